The number of carbonyl (C=O) groups is 2. The molecule has 0 radical (unpaired) electrons. The summed E-state index contributed by atoms with van der Waals surface area (Å²) in [5.41, 5.74) is 2.31. The molecule has 2 aromatic heterocycles. The van der Waals surface area contributed by atoms with Crippen molar-refractivity contribution >= 4 is 22.9 Å². The van der Waals surface area contributed by atoms with E-state index in [4.69, 9.17) is 4.42 Å². The number of rotatable bonds is 5. The molecule has 1 saturated carbocycles. The SMILES string of the molecule is C[C@@H](CN1C(=O)c2cc3occc3n2C[C@@]1(C)C(=O)NC1CCCCCCC1)c1ccccc1. The third-order valence-electron chi connectivity index (χ3n) is 7.80. The van der Waals surface area contributed by atoms with Crippen LogP contribution < -0.4 is 5.32 Å². The summed E-state index contributed by atoms with van der Waals surface area (Å²) in [6.07, 6.45) is 9.70. The first-order valence-electron chi connectivity index (χ1n) is 12.7. The lowest BCUT2D eigenvalue weighted by molar-refractivity contribution is -0.133. The number of furan rings is 1. The number of hydrogen-bond acceptors (Lipinski definition) is 3. The molecule has 3 aromatic rings. The lowest BCUT2D eigenvalue weighted by Gasteiger charge is -2.45. The largest absolute Gasteiger partial charge is 0.463 e. The van der Waals surface area contributed by atoms with Crippen molar-refractivity contribution in [2.24, 2.45) is 0 Å². The van der Waals surface area contributed by atoms with Crippen molar-refractivity contribution in [3.8, 4) is 0 Å². The van der Waals surface area contributed by atoms with E-state index >= 15 is 0 Å². The van der Waals surface area contributed by atoms with Gasteiger partial charge in [-0.2, -0.15) is 0 Å². The molecular weight excluding hydrogens is 426 g/mol. The molecule has 0 unspecified atom stereocenters. The highest BCUT2D eigenvalue weighted by atomic mass is 16.3. The van der Waals surface area contributed by atoms with Crippen LogP contribution in [0, 0.1) is 0 Å². The molecule has 1 aliphatic carbocycles. The summed E-state index contributed by atoms with van der Waals surface area (Å²) >= 11 is 0. The fourth-order valence-corrected chi connectivity index (χ4v) is 5.66. The standard InChI is InChI=1S/C28H35N3O3/c1-20(21-11-7-6-8-12-21)18-31-26(32)24-17-25-23(15-16-34-25)30(24)19-28(31,2)27(33)29-22-13-9-4-3-5-10-14-22/h6-8,11-12,15-17,20,22H,3-5,9-10,13-14,18-19H2,1-2H3,(H,29,33)/t20-,28-/m0/s1. The predicted octanol–water partition coefficient (Wildman–Crippen LogP) is 5.48. The van der Waals surface area contributed by atoms with Gasteiger partial charge in [0.15, 0.2) is 5.58 Å². The van der Waals surface area contributed by atoms with Crippen molar-refractivity contribution in [2.75, 3.05) is 6.54 Å². The Balaban J connectivity index is 1.47. The highest BCUT2D eigenvalue weighted by Crippen LogP contribution is 2.34. The summed E-state index contributed by atoms with van der Waals surface area (Å²) in [6.45, 7) is 4.94. The van der Waals surface area contributed by atoms with Crippen LogP contribution in [0.2, 0.25) is 0 Å². The molecule has 0 saturated heterocycles. The summed E-state index contributed by atoms with van der Waals surface area (Å²) in [7, 11) is 0. The van der Waals surface area contributed by atoms with Crippen molar-refractivity contribution in [1.82, 2.24) is 14.8 Å². The van der Waals surface area contributed by atoms with Crippen LogP contribution in [0.3, 0.4) is 0 Å². The van der Waals surface area contributed by atoms with Crippen LogP contribution in [0.1, 0.15) is 80.8 Å². The smallest absolute Gasteiger partial charge is 0.271 e. The number of amides is 2. The Morgan fingerprint density at radius 3 is 2.56 bits per heavy atom. The minimum atomic E-state index is -0.987. The first-order valence-corrected chi connectivity index (χ1v) is 12.7. The molecule has 6 heteroatoms. The Kier molecular flexibility index (Phi) is 6.24. The average molecular weight is 462 g/mol. The third kappa shape index (κ3) is 4.15. The van der Waals surface area contributed by atoms with E-state index in [2.05, 4.69) is 24.4 Å². The van der Waals surface area contributed by atoms with Crippen molar-refractivity contribution in [3.05, 3.63) is 60.0 Å². The van der Waals surface area contributed by atoms with E-state index in [0.29, 0.717) is 24.4 Å². The van der Waals surface area contributed by atoms with Gasteiger partial charge >= 0.3 is 0 Å². The zero-order valence-electron chi connectivity index (χ0n) is 20.3. The van der Waals surface area contributed by atoms with Crippen molar-refractivity contribution in [2.45, 2.75) is 82.8 Å². The van der Waals surface area contributed by atoms with Crippen LogP contribution in [0.15, 0.2) is 53.1 Å². The highest BCUT2D eigenvalue weighted by molar-refractivity contribution is 6.03. The number of nitrogens with one attached hydrogen (secondary N) is 1. The second kappa shape index (κ2) is 9.32. The number of carbonyl (C=O) groups excluding carboxylic acids is 2. The molecular formula is C28H35N3O3. The molecule has 0 bridgehead atoms. The van der Waals surface area contributed by atoms with Gasteiger partial charge < -0.3 is 19.2 Å². The lowest BCUT2D eigenvalue weighted by Crippen LogP contribution is -2.65. The van der Waals surface area contributed by atoms with Gasteiger partial charge in [0.25, 0.3) is 5.91 Å². The molecule has 1 aliphatic heterocycles. The Morgan fingerprint density at radius 2 is 1.82 bits per heavy atom. The van der Waals surface area contributed by atoms with E-state index in [1.807, 2.05) is 41.8 Å². The summed E-state index contributed by atoms with van der Waals surface area (Å²) in [6, 6.07) is 14.1. The second-order valence-electron chi connectivity index (χ2n) is 10.3. The first kappa shape index (κ1) is 22.8. The Morgan fingerprint density at radius 1 is 1.12 bits per heavy atom. The van der Waals surface area contributed by atoms with E-state index in [9.17, 15) is 9.59 Å². The number of aromatic nitrogens is 1. The molecule has 2 aliphatic rings. The van der Waals surface area contributed by atoms with Gasteiger partial charge in [0, 0.05) is 24.7 Å². The van der Waals surface area contributed by atoms with Gasteiger partial charge in [-0.3, -0.25) is 9.59 Å². The summed E-state index contributed by atoms with van der Waals surface area (Å²) in [5, 5.41) is 3.36. The van der Waals surface area contributed by atoms with Gasteiger partial charge in [0.2, 0.25) is 5.91 Å². The number of fused-ring (bicyclic) bond motifs is 3. The highest BCUT2D eigenvalue weighted by Gasteiger charge is 2.48. The molecule has 3 heterocycles. The van der Waals surface area contributed by atoms with E-state index in [1.165, 1.54) is 19.3 Å². The summed E-state index contributed by atoms with van der Waals surface area (Å²) in [4.78, 5) is 29.6. The fraction of sp³-hybridized carbons (Fsp3) is 0.500. The maximum Gasteiger partial charge on any atom is 0.271 e. The van der Waals surface area contributed by atoms with Gasteiger partial charge in [0.1, 0.15) is 11.2 Å². The van der Waals surface area contributed by atoms with Gasteiger partial charge in [-0.15, -0.1) is 0 Å². The summed E-state index contributed by atoms with van der Waals surface area (Å²) < 4.78 is 7.55. The molecule has 2 atom stereocenters. The van der Waals surface area contributed by atoms with Crippen LogP contribution in [0.4, 0.5) is 0 Å². The van der Waals surface area contributed by atoms with E-state index < -0.39 is 5.54 Å². The average Bonchev–Trinajstić information content (AvgIpc) is 3.41. The monoisotopic (exact) mass is 461 g/mol. The Labute approximate surface area is 201 Å². The quantitative estimate of drug-likeness (QED) is 0.547. The van der Waals surface area contributed by atoms with Gasteiger partial charge in [-0.05, 0) is 31.2 Å². The summed E-state index contributed by atoms with van der Waals surface area (Å²) in [5.74, 6) is -0.0680. The first-order chi connectivity index (χ1) is 16.5. The minimum Gasteiger partial charge on any atom is -0.463 e. The van der Waals surface area contributed by atoms with Crippen LogP contribution in [0.5, 0.6) is 0 Å². The molecule has 1 aromatic carbocycles. The molecule has 180 valence electrons. The number of hydrogen-bond donors (Lipinski definition) is 1. The molecule has 1 N–H and O–H groups in total. The zero-order chi connectivity index (χ0) is 23.7. The van der Waals surface area contributed by atoms with E-state index in [1.54, 1.807) is 11.2 Å². The molecule has 5 rings (SSSR count). The van der Waals surface area contributed by atoms with Gasteiger partial charge in [0.05, 0.1) is 18.3 Å². The maximum atomic E-state index is 13.9. The number of nitrogens with zero attached hydrogens (tertiary/aromatic N) is 2. The number of benzene rings is 1. The van der Waals surface area contributed by atoms with Crippen molar-refractivity contribution in [3.63, 3.8) is 0 Å². The van der Waals surface area contributed by atoms with Crippen LogP contribution in [0.25, 0.3) is 11.1 Å². The maximum absolute atomic E-state index is 13.9. The molecule has 1 fully saturated rings. The second-order valence-corrected chi connectivity index (χ2v) is 10.3. The molecule has 2 amide bonds. The predicted molar refractivity (Wildman–Crippen MR) is 133 cm³/mol. The van der Waals surface area contributed by atoms with Crippen LogP contribution in [-0.2, 0) is 11.3 Å². The zero-order valence-corrected chi connectivity index (χ0v) is 20.3. The molecule has 0 spiro atoms. The topological polar surface area (TPSA) is 67.5 Å². The van der Waals surface area contributed by atoms with Gasteiger partial charge in [-0.1, -0.05) is 69.4 Å². The van der Waals surface area contributed by atoms with Crippen LogP contribution in [-0.4, -0.2) is 39.4 Å². The van der Waals surface area contributed by atoms with Crippen molar-refractivity contribution < 1.29 is 14.0 Å². The Hall–Kier alpha value is -3.02. The van der Waals surface area contributed by atoms with Crippen molar-refractivity contribution in [1.29, 1.82) is 0 Å². The molecule has 6 nitrogen and oxygen atoms in total. The minimum absolute atomic E-state index is 0.0531. The van der Waals surface area contributed by atoms with Gasteiger partial charge in [-0.25, -0.2) is 0 Å². The lowest BCUT2D eigenvalue weighted by atomic mass is 9.90. The normalized spacial score (nSPS) is 22.8. The molecule has 34 heavy (non-hydrogen) atoms. The Bertz CT molecular complexity index is 1160. The fourth-order valence-electron chi connectivity index (χ4n) is 5.66. The van der Waals surface area contributed by atoms with Crippen LogP contribution >= 0.6 is 0 Å². The third-order valence-corrected chi connectivity index (χ3v) is 7.80. The van der Waals surface area contributed by atoms with E-state index in [0.717, 1.165) is 36.8 Å². The van der Waals surface area contributed by atoms with E-state index in [-0.39, 0.29) is 23.8 Å².